The third kappa shape index (κ3) is 3.41. The van der Waals surface area contributed by atoms with Crippen molar-refractivity contribution in [2.24, 2.45) is 0 Å². The number of ketones is 2. The number of aliphatic hydroxyl groups is 1. The van der Waals surface area contributed by atoms with Crippen molar-refractivity contribution in [3.05, 3.63) is 34.9 Å². The number of hydrogen-bond donors (Lipinski definition) is 1. The van der Waals surface area contributed by atoms with Crippen LogP contribution in [0, 0.1) is 0 Å². The summed E-state index contributed by atoms with van der Waals surface area (Å²) in [4.78, 5) is 37.7. The van der Waals surface area contributed by atoms with E-state index in [0.717, 1.165) is 31.2 Å². The topological polar surface area (TPSA) is 74.7 Å². The number of unbranched alkanes of at least 4 members (excludes halogenated alkanes) is 2. The smallest absolute Gasteiger partial charge is 0.255 e. The fourth-order valence-electron chi connectivity index (χ4n) is 3.61. The van der Waals surface area contributed by atoms with Gasteiger partial charge in [-0.05, 0) is 42.9 Å². The third-order valence-electron chi connectivity index (χ3n) is 4.94. The van der Waals surface area contributed by atoms with Gasteiger partial charge in [0, 0.05) is 25.1 Å². The molecule has 1 aliphatic heterocycles. The Morgan fingerprint density at radius 3 is 2.71 bits per heavy atom. The lowest BCUT2D eigenvalue weighted by Gasteiger charge is -2.29. The van der Waals surface area contributed by atoms with E-state index < -0.39 is 6.04 Å². The SMILES string of the molecule is O=C1CCC(N2Cc3cc(CCCCCO)ccc3C2=O)C(=O)C1. The molecule has 2 aliphatic rings. The van der Waals surface area contributed by atoms with Gasteiger partial charge in [-0.3, -0.25) is 14.4 Å². The predicted molar refractivity (Wildman–Crippen MR) is 88.6 cm³/mol. The van der Waals surface area contributed by atoms with Gasteiger partial charge in [0.15, 0.2) is 5.78 Å². The van der Waals surface area contributed by atoms with Crippen molar-refractivity contribution in [1.29, 1.82) is 0 Å². The highest BCUT2D eigenvalue weighted by Crippen LogP contribution is 2.29. The Morgan fingerprint density at radius 2 is 1.96 bits per heavy atom. The number of carbonyl (C=O) groups excluding carboxylic acids is 3. The average Bonchev–Trinajstić information content (AvgIpc) is 2.88. The largest absolute Gasteiger partial charge is 0.396 e. The Labute approximate surface area is 141 Å². The van der Waals surface area contributed by atoms with Gasteiger partial charge in [-0.15, -0.1) is 0 Å². The number of benzene rings is 1. The van der Waals surface area contributed by atoms with Crippen LogP contribution in [-0.4, -0.2) is 40.1 Å². The van der Waals surface area contributed by atoms with Crippen molar-refractivity contribution in [2.75, 3.05) is 6.61 Å². The van der Waals surface area contributed by atoms with Crippen LogP contribution in [0.4, 0.5) is 0 Å². The third-order valence-corrected chi connectivity index (χ3v) is 4.94. The molecule has 0 radical (unpaired) electrons. The molecule has 0 saturated heterocycles. The molecule has 24 heavy (non-hydrogen) atoms. The summed E-state index contributed by atoms with van der Waals surface area (Å²) in [6.07, 6.45) is 4.54. The number of hydrogen-bond acceptors (Lipinski definition) is 4. The molecule has 1 amide bonds. The van der Waals surface area contributed by atoms with E-state index in [1.807, 2.05) is 12.1 Å². The maximum absolute atomic E-state index is 12.6. The zero-order valence-corrected chi connectivity index (χ0v) is 13.8. The fourth-order valence-corrected chi connectivity index (χ4v) is 3.61. The van der Waals surface area contributed by atoms with E-state index in [1.54, 1.807) is 4.90 Å². The molecule has 1 aromatic rings. The number of Topliss-reactive ketones (excluding diaryl/α,β-unsaturated/α-hetero) is 2. The molecular formula is C19H23NO4. The Balaban J connectivity index is 1.68. The van der Waals surface area contributed by atoms with E-state index in [4.69, 9.17) is 5.11 Å². The molecule has 1 heterocycles. The molecule has 1 aromatic carbocycles. The lowest BCUT2D eigenvalue weighted by molar-refractivity contribution is -0.133. The first-order valence-corrected chi connectivity index (χ1v) is 8.68. The average molecular weight is 329 g/mol. The van der Waals surface area contributed by atoms with Crippen LogP contribution in [0.2, 0.25) is 0 Å². The van der Waals surface area contributed by atoms with Gasteiger partial charge < -0.3 is 10.0 Å². The first-order chi connectivity index (χ1) is 11.6. The van der Waals surface area contributed by atoms with E-state index >= 15 is 0 Å². The fraction of sp³-hybridized carbons (Fsp3) is 0.526. The van der Waals surface area contributed by atoms with Gasteiger partial charge in [-0.25, -0.2) is 0 Å². The van der Waals surface area contributed by atoms with Crippen molar-refractivity contribution in [3.63, 3.8) is 0 Å². The molecule has 0 bridgehead atoms. The minimum atomic E-state index is -0.449. The van der Waals surface area contributed by atoms with Crippen molar-refractivity contribution in [1.82, 2.24) is 4.90 Å². The highest BCUT2D eigenvalue weighted by atomic mass is 16.3. The van der Waals surface area contributed by atoms with Crippen LogP contribution in [0.5, 0.6) is 0 Å². The van der Waals surface area contributed by atoms with E-state index in [9.17, 15) is 14.4 Å². The molecule has 1 saturated carbocycles. The minimum absolute atomic E-state index is 0.0226. The molecule has 3 rings (SSSR count). The summed E-state index contributed by atoms with van der Waals surface area (Å²) in [6.45, 7) is 0.689. The second kappa shape index (κ2) is 7.26. The summed E-state index contributed by atoms with van der Waals surface area (Å²) in [7, 11) is 0. The lowest BCUT2D eigenvalue weighted by Crippen LogP contribution is -2.44. The second-order valence-electron chi connectivity index (χ2n) is 6.70. The summed E-state index contributed by atoms with van der Waals surface area (Å²) in [5.74, 6) is -0.244. The number of nitrogens with zero attached hydrogens (tertiary/aromatic N) is 1. The van der Waals surface area contributed by atoms with Crippen molar-refractivity contribution in [2.45, 2.75) is 57.5 Å². The monoisotopic (exact) mass is 329 g/mol. The number of aryl methyl sites for hydroxylation is 1. The molecule has 0 aromatic heterocycles. The van der Waals surface area contributed by atoms with Crippen molar-refractivity contribution >= 4 is 17.5 Å². The predicted octanol–water partition coefficient (Wildman–Crippen LogP) is 2.04. The Bertz CT molecular complexity index is 667. The number of rotatable bonds is 6. The standard InChI is InChI=1S/C19H23NO4/c21-9-3-1-2-4-13-5-7-16-14(10-13)12-20(19(16)24)17-8-6-15(22)11-18(17)23/h5,7,10,17,21H,1-4,6,8-9,11-12H2. The van der Waals surface area contributed by atoms with Crippen LogP contribution in [0.15, 0.2) is 18.2 Å². The highest BCUT2D eigenvalue weighted by Gasteiger charge is 2.38. The van der Waals surface area contributed by atoms with Crippen LogP contribution < -0.4 is 0 Å². The summed E-state index contributed by atoms with van der Waals surface area (Å²) in [5.41, 5.74) is 2.84. The van der Waals surface area contributed by atoms with Crippen molar-refractivity contribution < 1.29 is 19.5 Å². The maximum Gasteiger partial charge on any atom is 0.255 e. The normalized spacial score (nSPS) is 20.6. The van der Waals surface area contributed by atoms with E-state index in [-0.39, 0.29) is 30.5 Å². The van der Waals surface area contributed by atoms with Crippen LogP contribution in [0.3, 0.4) is 0 Å². The zero-order chi connectivity index (χ0) is 17.1. The summed E-state index contributed by atoms with van der Waals surface area (Å²) in [5, 5.41) is 8.82. The molecule has 128 valence electrons. The number of aliphatic hydroxyl groups excluding tert-OH is 1. The molecule has 1 N–H and O–H groups in total. The number of amides is 1. The molecular weight excluding hydrogens is 306 g/mol. The van der Waals surface area contributed by atoms with Crippen LogP contribution >= 0.6 is 0 Å². The van der Waals surface area contributed by atoms with Gasteiger partial charge in [0.25, 0.3) is 5.91 Å². The van der Waals surface area contributed by atoms with E-state index in [0.29, 0.717) is 24.9 Å². The van der Waals surface area contributed by atoms with Crippen molar-refractivity contribution in [3.8, 4) is 0 Å². The molecule has 5 heteroatoms. The van der Waals surface area contributed by atoms with Gasteiger partial charge in [0.1, 0.15) is 5.78 Å². The number of carbonyl (C=O) groups is 3. The molecule has 1 fully saturated rings. The Kier molecular flexibility index (Phi) is 5.09. The van der Waals surface area contributed by atoms with Crippen LogP contribution in [0.1, 0.15) is 60.0 Å². The second-order valence-corrected chi connectivity index (χ2v) is 6.70. The maximum atomic E-state index is 12.6. The molecule has 1 aliphatic carbocycles. The van der Waals surface area contributed by atoms with Gasteiger partial charge in [0.05, 0.1) is 12.5 Å². The van der Waals surface area contributed by atoms with Crippen LogP contribution in [0.25, 0.3) is 0 Å². The van der Waals surface area contributed by atoms with Gasteiger partial charge in [-0.2, -0.15) is 0 Å². The van der Waals surface area contributed by atoms with Gasteiger partial charge >= 0.3 is 0 Å². The first kappa shape index (κ1) is 16.8. The number of fused-ring (bicyclic) bond motifs is 1. The Hall–Kier alpha value is -2.01. The molecule has 1 unspecified atom stereocenters. The van der Waals surface area contributed by atoms with Gasteiger partial charge in [-0.1, -0.05) is 18.6 Å². The quantitative estimate of drug-likeness (QED) is 0.640. The molecule has 0 spiro atoms. The van der Waals surface area contributed by atoms with E-state index in [2.05, 4.69) is 6.07 Å². The summed E-state index contributed by atoms with van der Waals surface area (Å²) < 4.78 is 0. The lowest BCUT2D eigenvalue weighted by atomic mass is 9.92. The molecule has 1 atom stereocenters. The Morgan fingerprint density at radius 1 is 1.12 bits per heavy atom. The first-order valence-electron chi connectivity index (χ1n) is 8.68. The minimum Gasteiger partial charge on any atom is -0.396 e. The molecule has 5 nitrogen and oxygen atoms in total. The van der Waals surface area contributed by atoms with Crippen LogP contribution in [-0.2, 0) is 22.6 Å². The highest BCUT2D eigenvalue weighted by molar-refractivity contribution is 6.07. The zero-order valence-electron chi connectivity index (χ0n) is 13.8. The summed E-state index contributed by atoms with van der Waals surface area (Å²) in [6, 6.07) is 5.45. The van der Waals surface area contributed by atoms with E-state index in [1.165, 1.54) is 5.56 Å². The summed E-state index contributed by atoms with van der Waals surface area (Å²) >= 11 is 0. The van der Waals surface area contributed by atoms with Gasteiger partial charge in [0.2, 0.25) is 0 Å².